The van der Waals surface area contributed by atoms with E-state index in [1.165, 1.54) is 0 Å². The Bertz CT molecular complexity index is 1120. The monoisotopic (exact) mass is 383 g/mol. The van der Waals surface area contributed by atoms with Crippen LogP contribution in [0.1, 0.15) is 15.9 Å². The predicted molar refractivity (Wildman–Crippen MR) is 114 cm³/mol. The number of para-hydroxylation sites is 1. The van der Waals surface area contributed by atoms with Crippen molar-refractivity contribution in [1.29, 1.82) is 0 Å². The third-order valence-electron chi connectivity index (χ3n) is 4.79. The van der Waals surface area contributed by atoms with Crippen molar-refractivity contribution in [3.05, 3.63) is 96.1 Å². The number of nitrogens with zero attached hydrogens (tertiary/aromatic N) is 1. The Hall–Kier alpha value is -3.66. The summed E-state index contributed by atoms with van der Waals surface area (Å²) >= 11 is 0. The van der Waals surface area contributed by atoms with Gasteiger partial charge in [-0.2, -0.15) is 0 Å². The van der Waals surface area contributed by atoms with Crippen LogP contribution in [0.25, 0.3) is 22.2 Å². The highest BCUT2D eigenvalue weighted by molar-refractivity contribution is 6.04. The molecule has 0 N–H and O–H groups in total. The minimum absolute atomic E-state index is 0.308. The summed E-state index contributed by atoms with van der Waals surface area (Å²) in [7, 11) is 1.64. The fourth-order valence-electron chi connectivity index (χ4n) is 3.23. The van der Waals surface area contributed by atoms with E-state index in [4.69, 9.17) is 14.5 Å². The number of esters is 1. The first kappa shape index (κ1) is 18.7. The molecule has 29 heavy (non-hydrogen) atoms. The van der Waals surface area contributed by atoms with Crippen molar-refractivity contribution in [3.63, 3.8) is 0 Å². The normalized spacial score (nSPS) is 10.7. The van der Waals surface area contributed by atoms with E-state index in [-0.39, 0.29) is 5.97 Å². The molecule has 3 aromatic carbocycles. The summed E-state index contributed by atoms with van der Waals surface area (Å²) in [5.74, 6) is 0.469. The zero-order valence-corrected chi connectivity index (χ0v) is 16.2. The van der Waals surface area contributed by atoms with Crippen LogP contribution in [0.4, 0.5) is 0 Å². The Labute approximate surface area is 169 Å². The van der Waals surface area contributed by atoms with Gasteiger partial charge in [0.2, 0.25) is 0 Å². The highest BCUT2D eigenvalue weighted by atomic mass is 16.5. The van der Waals surface area contributed by atoms with Crippen LogP contribution in [-0.4, -0.2) is 24.7 Å². The third-order valence-corrected chi connectivity index (χ3v) is 4.79. The van der Waals surface area contributed by atoms with Crippen LogP contribution < -0.4 is 4.74 Å². The molecular formula is C25H21NO3. The lowest BCUT2D eigenvalue weighted by atomic mass is 10.0. The number of hydrogen-bond donors (Lipinski definition) is 0. The minimum atomic E-state index is -0.339. The number of methoxy groups -OCH3 is 1. The van der Waals surface area contributed by atoms with Gasteiger partial charge in [0.15, 0.2) is 0 Å². The van der Waals surface area contributed by atoms with Gasteiger partial charge in [0.1, 0.15) is 5.75 Å². The smallest absolute Gasteiger partial charge is 0.338 e. The van der Waals surface area contributed by atoms with Crippen molar-refractivity contribution < 1.29 is 14.3 Å². The van der Waals surface area contributed by atoms with E-state index in [9.17, 15) is 4.79 Å². The van der Waals surface area contributed by atoms with Crippen LogP contribution >= 0.6 is 0 Å². The number of hydrogen-bond acceptors (Lipinski definition) is 4. The molecule has 0 spiro atoms. The van der Waals surface area contributed by atoms with Gasteiger partial charge in [-0.1, -0.05) is 60.7 Å². The van der Waals surface area contributed by atoms with Crippen molar-refractivity contribution in [2.24, 2.45) is 0 Å². The standard InChI is InChI=1S/C25H21NO3/c1-28-20-13-11-18(12-14-20)15-16-29-25(27)22-17-24(19-7-3-2-4-8-19)26-23-10-6-5-9-21(22)23/h2-14,17H,15-16H2,1H3. The van der Waals surface area contributed by atoms with Crippen LogP contribution in [0.5, 0.6) is 5.75 Å². The first-order valence-electron chi connectivity index (χ1n) is 9.50. The van der Waals surface area contributed by atoms with Gasteiger partial charge in [-0.3, -0.25) is 0 Å². The zero-order chi connectivity index (χ0) is 20.1. The zero-order valence-electron chi connectivity index (χ0n) is 16.2. The quantitative estimate of drug-likeness (QED) is 0.423. The average molecular weight is 383 g/mol. The summed E-state index contributed by atoms with van der Waals surface area (Å²) in [6, 6.07) is 27.0. The molecule has 0 atom stereocenters. The molecule has 0 aliphatic carbocycles. The SMILES string of the molecule is COc1ccc(CCOC(=O)c2cc(-c3ccccc3)nc3ccccc23)cc1. The highest BCUT2D eigenvalue weighted by Gasteiger charge is 2.15. The van der Waals surface area contributed by atoms with Gasteiger partial charge < -0.3 is 9.47 Å². The molecule has 4 aromatic rings. The van der Waals surface area contributed by atoms with Crippen LogP contribution in [0, 0.1) is 0 Å². The molecule has 1 aromatic heterocycles. The topological polar surface area (TPSA) is 48.4 Å². The molecule has 4 nitrogen and oxygen atoms in total. The van der Waals surface area contributed by atoms with E-state index < -0.39 is 0 Å². The number of benzene rings is 3. The fourth-order valence-corrected chi connectivity index (χ4v) is 3.23. The molecule has 4 heteroatoms. The van der Waals surface area contributed by atoms with Gasteiger partial charge in [-0.15, -0.1) is 0 Å². The number of aromatic nitrogens is 1. The second-order valence-corrected chi connectivity index (χ2v) is 6.67. The predicted octanol–water partition coefficient (Wildman–Crippen LogP) is 5.31. The summed E-state index contributed by atoms with van der Waals surface area (Å²) in [5.41, 5.74) is 4.11. The van der Waals surface area contributed by atoms with E-state index in [2.05, 4.69) is 0 Å². The van der Waals surface area contributed by atoms with Crippen LogP contribution in [0.15, 0.2) is 84.9 Å². The van der Waals surface area contributed by atoms with Gasteiger partial charge in [0, 0.05) is 17.4 Å². The largest absolute Gasteiger partial charge is 0.497 e. The minimum Gasteiger partial charge on any atom is -0.497 e. The van der Waals surface area contributed by atoms with Gasteiger partial charge in [-0.05, 0) is 29.8 Å². The van der Waals surface area contributed by atoms with Gasteiger partial charge in [-0.25, -0.2) is 9.78 Å². The Morgan fingerprint density at radius 2 is 1.62 bits per heavy atom. The molecule has 4 rings (SSSR count). The number of pyridine rings is 1. The van der Waals surface area contributed by atoms with E-state index in [0.717, 1.165) is 33.5 Å². The molecular weight excluding hydrogens is 362 g/mol. The summed E-state index contributed by atoms with van der Waals surface area (Å²) in [5, 5.41) is 0.793. The molecule has 0 amide bonds. The third kappa shape index (κ3) is 4.27. The lowest BCUT2D eigenvalue weighted by molar-refractivity contribution is 0.0511. The maximum atomic E-state index is 12.9. The molecule has 0 fully saturated rings. The van der Waals surface area contributed by atoms with Crippen LogP contribution in [0.3, 0.4) is 0 Å². The first-order valence-corrected chi connectivity index (χ1v) is 9.50. The van der Waals surface area contributed by atoms with Crippen molar-refractivity contribution >= 4 is 16.9 Å². The van der Waals surface area contributed by atoms with Crippen LogP contribution in [-0.2, 0) is 11.2 Å². The maximum absolute atomic E-state index is 12.9. The van der Waals surface area contributed by atoms with E-state index in [0.29, 0.717) is 18.6 Å². The molecule has 0 saturated heterocycles. The number of rotatable bonds is 6. The fraction of sp³-hybridized carbons (Fsp3) is 0.120. The summed E-state index contributed by atoms with van der Waals surface area (Å²) in [4.78, 5) is 17.6. The molecule has 0 radical (unpaired) electrons. The number of carbonyl (C=O) groups is 1. The summed E-state index contributed by atoms with van der Waals surface area (Å²) in [6.45, 7) is 0.308. The Morgan fingerprint density at radius 1 is 0.897 bits per heavy atom. The molecule has 144 valence electrons. The average Bonchev–Trinajstić information content (AvgIpc) is 2.79. The lowest BCUT2D eigenvalue weighted by Gasteiger charge is -2.10. The van der Waals surface area contributed by atoms with E-state index in [1.807, 2.05) is 84.9 Å². The van der Waals surface area contributed by atoms with Crippen molar-refractivity contribution in [2.45, 2.75) is 6.42 Å². The first-order chi connectivity index (χ1) is 14.2. The Morgan fingerprint density at radius 3 is 2.38 bits per heavy atom. The summed E-state index contributed by atoms with van der Waals surface area (Å²) < 4.78 is 10.8. The molecule has 0 bridgehead atoms. The highest BCUT2D eigenvalue weighted by Crippen LogP contribution is 2.25. The summed E-state index contributed by atoms with van der Waals surface area (Å²) in [6.07, 6.45) is 0.643. The Balaban J connectivity index is 1.56. The van der Waals surface area contributed by atoms with E-state index in [1.54, 1.807) is 7.11 Å². The van der Waals surface area contributed by atoms with Crippen molar-refractivity contribution in [1.82, 2.24) is 4.98 Å². The van der Waals surface area contributed by atoms with Gasteiger partial charge in [0.05, 0.1) is 30.5 Å². The molecule has 0 unspecified atom stereocenters. The lowest BCUT2D eigenvalue weighted by Crippen LogP contribution is -2.09. The van der Waals surface area contributed by atoms with Crippen molar-refractivity contribution in [2.75, 3.05) is 13.7 Å². The van der Waals surface area contributed by atoms with Gasteiger partial charge in [0.25, 0.3) is 0 Å². The molecule has 1 heterocycles. The molecule has 0 aliphatic rings. The number of ether oxygens (including phenoxy) is 2. The number of carbonyl (C=O) groups excluding carboxylic acids is 1. The van der Waals surface area contributed by atoms with E-state index >= 15 is 0 Å². The maximum Gasteiger partial charge on any atom is 0.338 e. The van der Waals surface area contributed by atoms with Crippen LogP contribution in [0.2, 0.25) is 0 Å². The number of fused-ring (bicyclic) bond motifs is 1. The second kappa shape index (κ2) is 8.57. The second-order valence-electron chi connectivity index (χ2n) is 6.67. The molecule has 0 saturated carbocycles. The molecule has 0 aliphatic heterocycles. The Kier molecular flexibility index (Phi) is 5.52. The van der Waals surface area contributed by atoms with Gasteiger partial charge >= 0.3 is 5.97 Å². The van der Waals surface area contributed by atoms with Crippen molar-refractivity contribution in [3.8, 4) is 17.0 Å².